The molecule has 0 unspecified atom stereocenters. The van der Waals surface area contributed by atoms with Crippen LogP contribution in [0.2, 0.25) is 21.1 Å². The van der Waals surface area contributed by atoms with Crippen molar-refractivity contribution in [3.05, 3.63) is 71.7 Å². The van der Waals surface area contributed by atoms with Crippen molar-refractivity contribution < 1.29 is 0 Å². The first-order chi connectivity index (χ1) is 11.1. The Hall–Kier alpha value is -0.956. The van der Waals surface area contributed by atoms with E-state index in [-0.39, 0.29) is 0 Å². The van der Waals surface area contributed by atoms with Crippen LogP contribution >= 0.6 is 0 Å². The van der Waals surface area contributed by atoms with Crippen LogP contribution in [0, 0.1) is 0 Å². The zero-order chi connectivity index (χ0) is 16.3. The van der Waals surface area contributed by atoms with E-state index in [2.05, 4.69) is 75.5 Å². The topological polar surface area (TPSA) is 0 Å². The molecule has 1 aliphatic heterocycles. The molecular weight excluding hydrogens is 382 g/mol. The van der Waals surface area contributed by atoms with Crippen LogP contribution in [0.25, 0.3) is 3.59 Å². The van der Waals surface area contributed by atoms with Crippen molar-refractivity contribution in [3.63, 3.8) is 0 Å². The fourth-order valence-electron chi connectivity index (χ4n) is 4.07. The minimum atomic E-state index is -2.22. The molecular formula is C21H27BSn. The average molecular weight is 409 g/mol. The summed E-state index contributed by atoms with van der Waals surface area (Å²) in [5, 5.41) is 0. The Labute approximate surface area is 146 Å². The van der Waals surface area contributed by atoms with Crippen LogP contribution in [-0.4, -0.2) is 25.1 Å². The summed E-state index contributed by atoms with van der Waals surface area (Å²) in [5.74, 6) is 0. The quantitative estimate of drug-likeness (QED) is 0.593. The summed E-state index contributed by atoms with van der Waals surface area (Å²) in [6.45, 7) is 0.635. The monoisotopic (exact) mass is 410 g/mol. The molecule has 118 valence electrons. The maximum absolute atomic E-state index is 2.57. The van der Waals surface area contributed by atoms with Gasteiger partial charge in [0, 0.05) is 0 Å². The number of allylic oxidation sites excluding steroid dienone is 1. The van der Waals surface area contributed by atoms with Gasteiger partial charge in [-0.25, -0.2) is 0 Å². The van der Waals surface area contributed by atoms with E-state index < -0.39 is 18.4 Å². The van der Waals surface area contributed by atoms with Gasteiger partial charge in [0.2, 0.25) is 0 Å². The molecule has 2 heteroatoms. The standard InChI is InChI=1S/C18H18B.3CH3.Sn/c1-3-9-16(10-4-1)15-18-13-7-8-14-19(18)17-11-5-2-6-12-17;;;;/h1-6,9-12H,7-8,13-14H2;3*1H3;. The molecule has 1 heterocycles. The van der Waals surface area contributed by atoms with E-state index in [0.717, 1.165) is 0 Å². The maximum atomic E-state index is 2.57. The van der Waals surface area contributed by atoms with Crippen molar-refractivity contribution in [3.8, 4) is 0 Å². The molecule has 1 saturated heterocycles. The molecule has 23 heavy (non-hydrogen) atoms. The molecule has 0 N–H and O–H groups in total. The van der Waals surface area contributed by atoms with Gasteiger partial charge < -0.3 is 0 Å². The molecule has 0 radical (unpaired) electrons. The third-order valence-corrected chi connectivity index (χ3v) is 11.0. The van der Waals surface area contributed by atoms with Gasteiger partial charge in [-0.1, -0.05) is 0 Å². The van der Waals surface area contributed by atoms with Gasteiger partial charge in [0.25, 0.3) is 0 Å². The fourth-order valence-corrected chi connectivity index (χ4v) is 10.6. The molecule has 0 saturated carbocycles. The van der Waals surface area contributed by atoms with Crippen molar-refractivity contribution in [1.29, 1.82) is 0 Å². The van der Waals surface area contributed by atoms with Gasteiger partial charge in [-0.2, -0.15) is 0 Å². The Balaban J connectivity index is 2.16. The van der Waals surface area contributed by atoms with Crippen molar-refractivity contribution in [2.24, 2.45) is 0 Å². The van der Waals surface area contributed by atoms with Gasteiger partial charge in [0.1, 0.15) is 0 Å². The molecule has 0 aromatic heterocycles. The fraction of sp³-hybridized carbons (Fsp3) is 0.333. The predicted molar refractivity (Wildman–Crippen MR) is 107 cm³/mol. The van der Waals surface area contributed by atoms with Crippen LogP contribution < -0.4 is 5.46 Å². The Morgan fingerprint density at radius 2 is 1.43 bits per heavy atom. The molecule has 0 amide bonds. The first kappa shape index (κ1) is 16.9. The van der Waals surface area contributed by atoms with E-state index in [9.17, 15) is 0 Å². The van der Waals surface area contributed by atoms with E-state index in [1.165, 1.54) is 36.6 Å². The van der Waals surface area contributed by atoms with E-state index >= 15 is 0 Å². The normalized spacial score (nSPS) is 18.0. The van der Waals surface area contributed by atoms with E-state index in [1.54, 1.807) is 9.06 Å². The molecule has 0 bridgehead atoms. The van der Waals surface area contributed by atoms with E-state index in [4.69, 9.17) is 0 Å². The summed E-state index contributed by atoms with van der Waals surface area (Å²) < 4.78 is 1.77. The average Bonchev–Trinajstić information content (AvgIpc) is 2.56. The van der Waals surface area contributed by atoms with E-state index in [0.29, 0.717) is 6.71 Å². The summed E-state index contributed by atoms with van der Waals surface area (Å²) in [6.07, 6.45) is 5.33. The van der Waals surface area contributed by atoms with Crippen molar-refractivity contribution in [2.75, 3.05) is 0 Å². The van der Waals surface area contributed by atoms with Crippen LogP contribution in [0.3, 0.4) is 0 Å². The molecule has 2 aromatic carbocycles. The first-order valence-electron chi connectivity index (χ1n) is 8.91. The van der Waals surface area contributed by atoms with Gasteiger partial charge in [-0.15, -0.1) is 0 Å². The van der Waals surface area contributed by atoms with Crippen molar-refractivity contribution >= 4 is 34.1 Å². The van der Waals surface area contributed by atoms with Crippen LogP contribution in [0.5, 0.6) is 0 Å². The molecule has 1 fully saturated rings. The molecule has 0 aliphatic carbocycles. The van der Waals surface area contributed by atoms with Gasteiger partial charge in [-0.3, -0.25) is 0 Å². The Morgan fingerprint density at radius 1 is 0.826 bits per heavy atom. The number of benzene rings is 2. The number of hydrogen-bond acceptors (Lipinski definition) is 0. The zero-order valence-corrected chi connectivity index (χ0v) is 17.5. The Kier molecular flexibility index (Phi) is 5.36. The number of hydrogen-bond donors (Lipinski definition) is 0. The third kappa shape index (κ3) is 3.93. The van der Waals surface area contributed by atoms with Gasteiger partial charge in [-0.05, 0) is 0 Å². The van der Waals surface area contributed by atoms with Gasteiger partial charge in [0.05, 0.1) is 0 Å². The SMILES string of the molecule is [CH3][Sn]([CH3])([CH3])/[C](=C1/CCCCB1c1ccccc1)c1ccccc1. The zero-order valence-electron chi connectivity index (χ0n) is 14.7. The minimum absolute atomic E-state index is 0.635. The first-order valence-corrected chi connectivity index (χ1v) is 18.9. The Morgan fingerprint density at radius 3 is 2.04 bits per heavy atom. The van der Waals surface area contributed by atoms with Crippen LogP contribution in [-0.2, 0) is 0 Å². The summed E-state index contributed by atoms with van der Waals surface area (Å²) in [5.41, 5.74) is 4.77. The van der Waals surface area contributed by atoms with Gasteiger partial charge in [0.15, 0.2) is 0 Å². The second-order valence-electron chi connectivity index (χ2n) is 7.73. The Bertz CT molecular complexity index is 668. The van der Waals surface area contributed by atoms with Crippen molar-refractivity contribution in [1.82, 2.24) is 0 Å². The molecule has 1 aliphatic rings. The van der Waals surface area contributed by atoms with Crippen LogP contribution in [0.4, 0.5) is 0 Å². The third-order valence-electron chi connectivity index (χ3n) is 4.95. The second-order valence-corrected chi connectivity index (χ2v) is 22.0. The summed E-state index contributed by atoms with van der Waals surface area (Å²) in [6, 6.07) is 22.4. The van der Waals surface area contributed by atoms with Crippen LogP contribution in [0.1, 0.15) is 24.8 Å². The van der Waals surface area contributed by atoms with Gasteiger partial charge >= 0.3 is 146 Å². The van der Waals surface area contributed by atoms with Crippen molar-refractivity contribution in [2.45, 2.75) is 40.4 Å². The summed E-state index contributed by atoms with van der Waals surface area (Å²) in [4.78, 5) is 7.71. The summed E-state index contributed by atoms with van der Waals surface area (Å²) in [7, 11) is 0. The molecule has 0 atom stereocenters. The number of rotatable bonds is 3. The molecule has 0 nitrogen and oxygen atoms in total. The second kappa shape index (κ2) is 7.29. The predicted octanol–water partition coefficient (Wildman–Crippen LogP) is 5.44. The molecule has 2 aromatic rings. The van der Waals surface area contributed by atoms with Crippen LogP contribution in [0.15, 0.2) is 66.1 Å². The summed E-state index contributed by atoms with van der Waals surface area (Å²) >= 11 is -2.22. The van der Waals surface area contributed by atoms with E-state index in [1.807, 2.05) is 0 Å². The molecule has 0 spiro atoms. The molecule has 3 rings (SSSR count).